The largest absolute Gasteiger partial charge is 0.467 e. The van der Waals surface area contributed by atoms with Crippen molar-refractivity contribution in [3.63, 3.8) is 0 Å². The Labute approximate surface area is 66.0 Å². The van der Waals surface area contributed by atoms with E-state index in [-0.39, 0.29) is 0 Å². The first kappa shape index (κ1) is 8.01. The quantitative estimate of drug-likeness (QED) is 0.484. The molecule has 0 aliphatic rings. The fourth-order valence-electron chi connectivity index (χ4n) is 0.628. The SMILES string of the molecule is CCOCOc1ccncc1. The monoisotopic (exact) mass is 153 g/mol. The summed E-state index contributed by atoms with van der Waals surface area (Å²) in [5, 5.41) is 0. The van der Waals surface area contributed by atoms with Crippen LogP contribution in [0.15, 0.2) is 24.5 Å². The van der Waals surface area contributed by atoms with Crippen molar-refractivity contribution in [2.45, 2.75) is 6.92 Å². The number of hydrogen-bond acceptors (Lipinski definition) is 3. The highest BCUT2D eigenvalue weighted by atomic mass is 16.7. The van der Waals surface area contributed by atoms with Crippen molar-refractivity contribution < 1.29 is 9.47 Å². The van der Waals surface area contributed by atoms with Gasteiger partial charge in [0.05, 0.1) is 0 Å². The van der Waals surface area contributed by atoms with Crippen LogP contribution in [0.5, 0.6) is 5.75 Å². The molecule has 1 heterocycles. The molecule has 1 aromatic rings. The Morgan fingerprint density at radius 2 is 2.09 bits per heavy atom. The summed E-state index contributed by atoms with van der Waals surface area (Å²) in [6, 6.07) is 3.58. The summed E-state index contributed by atoms with van der Waals surface area (Å²) in [5.74, 6) is 0.786. The van der Waals surface area contributed by atoms with Gasteiger partial charge in [-0.3, -0.25) is 4.98 Å². The molecule has 0 N–H and O–H groups in total. The van der Waals surface area contributed by atoms with Crippen LogP contribution >= 0.6 is 0 Å². The average molecular weight is 153 g/mol. The minimum atomic E-state index is 0.306. The van der Waals surface area contributed by atoms with E-state index in [1.54, 1.807) is 24.5 Å². The number of pyridine rings is 1. The molecule has 0 amide bonds. The zero-order valence-corrected chi connectivity index (χ0v) is 6.49. The van der Waals surface area contributed by atoms with Crippen LogP contribution in [0, 0.1) is 0 Å². The van der Waals surface area contributed by atoms with E-state index in [1.807, 2.05) is 6.92 Å². The van der Waals surface area contributed by atoms with Crippen molar-refractivity contribution in [1.29, 1.82) is 0 Å². The number of ether oxygens (including phenoxy) is 2. The topological polar surface area (TPSA) is 31.4 Å². The lowest BCUT2D eigenvalue weighted by atomic mass is 10.5. The van der Waals surface area contributed by atoms with E-state index in [4.69, 9.17) is 9.47 Å². The normalized spacial score (nSPS) is 9.55. The van der Waals surface area contributed by atoms with E-state index < -0.39 is 0 Å². The molecule has 0 aliphatic heterocycles. The van der Waals surface area contributed by atoms with Crippen LogP contribution in [0.4, 0.5) is 0 Å². The highest BCUT2D eigenvalue weighted by Crippen LogP contribution is 2.05. The summed E-state index contributed by atoms with van der Waals surface area (Å²) in [6.07, 6.45) is 3.36. The third kappa shape index (κ3) is 3.00. The van der Waals surface area contributed by atoms with Gasteiger partial charge in [0.25, 0.3) is 0 Å². The van der Waals surface area contributed by atoms with Crippen molar-refractivity contribution in [2.75, 3.05) is 13.4 Å². The van der Waals surface area contributed by atoms with Gasteiger partial charge in [0.1, 0.15) is 5.75 Å². The van der Waals surface area contributed by atoms with Crippen molar-refractivity contribution >= 4 is 0 Å². The molecular weight excluding hydrogens is 142 g/mol. The second-order valence-electron chi connectivity index (χ2n) is 1.94. The Morgan fingerprint density at radius 1 is 1.36 bits per heavy atom. The fraction of sp³-hybridized carbons (Fsp3) is 0.375. The van der Waals surface area contributed by atoms with Gasteiger partial charge in [0.15, 0.2) is 6.79 Å². The molecule has 3 heteroatoms. The maximum Gasteiger partial charge on any atom is 0.189 e. The predicted octanol–water partition coefficient (Wildman–Crippen LogP) is 1.45. The molecule has 3 nitrogen and oxygen atoms in total. The van der Waals surface area contributed by atoms with Gasteiger partial charge in [-0.2, -0.15) is 0 Å². The van der Waals surface area contributed by atoms with Gasteiger partial charge < -0.3 is 9.47 Å². The molecule has 0 aromatic carbocycles. The zero-order chi connectivity index (χ0) is 7.94. The maximum atomic E-state index is 5.18. The van der Waals surface area contributed by atoms with Crippen molar-refractivity contribution in [2.24, 2.45) is 0 Å². The molecule has 0 unspecified atom stereocenters. The third-order valence-electron chi connectivity index (χ3n) is 1.16. The van der Waals surface area contributed by atoms with Crippen molar-refractivity contribution in [1.82, 2.24) is 4.98 Å². The van der Waals surface area contributed by atoms with E-state index >= 15 is 0 Å². The van der Waals surface area contributed by atoms with Crippen LogP contribution < -0.4 is 4.74 Å². The van der Waals surface area contributed by atoms with E-state index in [1.165, 1.54) is 0 Å². The minimum absolute atomic E-state index is 0.306. The second kappa shape index (κ2) is 4.68. The highest BCUT2D eigenvalue weighted by Gasteiger charge is 1.88. The summed E-state index contributed by atoms with van der Waals surface area (Å²) < 4.78 is 10.2. The van der Waals surface area contributed by atoms with Gasteiger partial charge in [-0.05, 0) is 19.1 Å². The lowest BCUT2D eigenvalue weighted by Crippen LogP contribution is -2.01. The van der Waals surface area contributed by atoms with Gasteiger partial charge in [0.2, 0.25) is 0 Å². The van der Waals surface area contributed by atoms with Crippen LogP contribution in [-0.4, -0.2) is 18.4 Å². The lowest BCUT2D eigenvalue weighted by Gasteiger charge is -2.03. The van der Waals surface area contributed by atoms with Crippen molar-refractivity contribution in [3.05, 3.63) is 24.5 Å². The second-order valence-corrected chi connectivity index (χ2v) is 1.94. The summed E-state index contributed by atoms with van der Waals surface area (Å²) in [4.78, 5) is 3.85. The summed E-state index contributed by atoms with van der Waals surface area (Å²) >= 11 is 0. The van der Waals surface area contributed by atoms with E-state index in [2.05, 4.69) is 4.98 Å². The zero-order valence-electron chi connectivity index (χ0n) is 6.49. The Balaban J connectivity index is 2.28. The Kier molecular flexibility index (Phi) is 3.41. The molecule has 11 heavy (non-hydrogen) atoms. The van der Waals surface area contributed by atoms with Crippen molar-refractivity contribution in [3.8, 4) is 5.75 Å². The van der Waals surface area contributed by atoms with Crippen LogP contribution in [0.2, 0.25) is 0 Å². The van der Waals surface area contributed by atoms with Crippen LogP contribution in [0.3, 0.4) is 0 Å². The smallest absolute Gasteiger partial charge is 0.189 e. The first-order chi connectivity index (χ1) is 5.43. The molecule has 0 bridgehead atoms. The van der Waals surface area contributed by atoms with Gasteiger partial charge in [-0.1, -0.05) is 0 Å². The van der Waals surface area contributed by atoms with Gasteiger partial charge in [-0.15, -0.1) is 0 Å². The Morgan fingerprint density at radius 3 is 2.73 bits per heavy atom. The molecule has 1 rings (SSSR count). The summed E-state index contributed by atoms with van der Waals surface area (Å²) in [7, 11) is 0. The van der Waals surface area contributed by atoms with Crippen LogP contribution in [0.25, 0.3) is 0 Å². The minimum Gasteiger partial charge on any atom is -0.467 e. The van der Waals surface area contributed by atoms with Gasteiger partial charge >= 0.3 is 0 Å². The molecular formula is C8H11NO2. The molecule has 0 radical (unpaired) electrons. The van der Waals surface area contributed by atoms with Gasteiger partial charge in [0, 0.05) is 19.0 Å². The van der Waals surface area contributed by atoms with E-state index in [0.29, 0.717) is 13.4 Å². The average Bonchev–Trinajstić information content (AvgIpc) is 2.07. The Hall–Kier alpha value is -1.09. The van der Waals surface area contributed by atoms with Crippen LogP contribution in [0.1, 0.15) is 6.92 Å². The molecule has 0 saturated carbocycles. The number of hydrogen-bond donors (Lipinski definition) is 0. The third-order valence-corrected chi connectivity index (χ3v) is 1.16. The molecule has 1 aromatic heterocycles. The summed E-state index contributed by atoms with van der Waals surface area (Å²) in [5.41, 5.74) is 0. The van der Waals surface area contributed by atoms with E-state index in [9.17, 15) is 0 Å². The lowest BCUT2D eigenvalue weighted by molar-refractivity contribution is 0.0224. The molecule has 0 aliphatic carbocycles. The fourth-order valence-corrected chi connectivity index (χ4v) is 0.628. The molecule has 60 valence electrons. The molecule has 0 spiro atoms. The number of aromatic nitrogens is 1. The predicted molar refractivity (Wildman–Crippen MR) is 41.4 cm³/mol. The Bertz CT molecular complexity index is 189. The molecule has 0 saturated heterocycles. The number of nitrogens with zero attached hydrogens (tertiary/aromatic N) is 1. The van der Waals surface area contributed by atoms with Crippen LogP contribution in [-0.2, 0) is 4.74 Å². The molecule has 0 atom stereocenters. The first-order valence-electron chi connectivity index (χ1n) is 3.54. The maximum absolute atomic E-state index is 5.18. The van der Waals surface area contributed by atoms with E-state index in [0.717, 1.165) is 5.75 Å². The van der Waals surface area contributed by atoms with Gasteiger partial charge in [-0.25, -0.2) is 0 Å². The standard InChI is InChI=1S/C8H11NO2/c1-2-10-7-11-8-3-5-9-6-4-8/h3-6H,2,7H2,1H3. The number of rotatable bonds is 4. The summed E-state index contributed by atoms with van der Waals surface area (Å²) in [6.45, 7) is 2.90. The highest BCUT2D eigenvalue weighted by molar-refractivity contribution is 5.16. The first-order valence-corrected chi connectivity index (χ1v) is 3.54. The molecule has 0 fully saturated rings.